The highest BCUT2D eigenvalue weighted by atomic mass is 16.2. The number of nitrogens with one attached hydrogen (secondary N) is 1. The zero-order valence-corrected chi connectivity index (χ0v) is 11.1. The maximum absolute atomic E-state index is 12.1. The maximum atomic E-state index is 12.1. The molecule has 1 heterocycles. The zero-order chi connectivity index (χ0) is 14.8. The molecule has 0 unspecified atom stereocenters. The SMILES string of the molecule is O=C(CNN1C(=O)c2ccccc2C1=O)c1ccccc1. The Kier molecular flexibility index (Phi) is 3.33. The highest BCUT2D eigenvalue weighted by Gasteiger charge is 2.35. The van der Waals surface area contributed by atoms with Crippen molar-refractivity contribution >= 4 is 17.6 Å². The summed E-state index contributed by atoms with van der Waals surface area (Å²) in [7, 11) is 0. The van der Waals surface area contributed by atoms with E-state index < -0.39 is 11.8 Å². The van der Waals surface area contributed by atoms with Crippen molar-refractivity contribution in [2.75, 3.05) is 6.54 Å². The molecule has 104 valence electrons. The Morgan fingerprint density at radius 2 is 1.38 bits per heavy atom. The number of carbonyl (C=O) groups is 3. The Bertz CT molecular complexity index is 690. The van der Waals surface area contributed by atoms with Crippen molar-refractivity contribution in [1.82, 2.24) is 10.4 Å². The standard InChI is InChI=1S/C16H12N2O3/c19-14(11-6-2-1-3-7-11)10-17-18-15(20)12-8-4-5-9-13(12)16(18)21/h1-9,17H,10H2. The van der Waals surface area contributed by atoms with Gasteiger partial charge in [0, 0.05) is 5.56 Å². The second-order valence-electron chi connectivity index (χ2n) is 4.62. The van der Waals surface area contributed by atoms with Crippen molar-refractivity contribution in [1.29, 1.82) is 0 Å². The highest BCUT2D eigenvalue weighted by molar-refractivity contribution is 6.21. The molecule has 1 aliphatic heterocycles. The first-order valence-corrected chi connectivity index (χ1v) is 6.48. The number of benzene rings is 2. The number of carbonyl (C=O) groups excluding carboxylic acids is 3. The number of fused-ring (bicyclic) bond motifs is 1. The molecule has 0 aliphatic carbocycles. The number of nitrogens with zero attached hydrogens (tertiary/aromatic N) is 1. The van der Waals surface area contributed by atoms with Crippen molar-refractivity contribution < 1.29 is 14.4 Å². The summed E-state index contributed by atoms with van der Waals surface area (Å²) in [5, 5.41) is 0.894. The minimum atomic E-state index is -0.434. The van der Waals surface area contributed by atoms with Crippen LogP contribution in [-0.2, 0) is 0 Å². The van der Waals surface area contributed by atoms with Crippen LogP contribution in [0.3, 0.4) is 0 Å². The molecular weight excluding hydrogens is 268 g/mol. The van der Waals surface area contributed by atoms with Crippen LogP contribution in [0.2, 0.25) is 0 Å². The quantitative estimate of drug-likeness (QED) is 0.683. The van der Waals surface area contributed by atoms with Crippen LogP contribution in [0.15, 0.2) is 54.6 Å². The molecule has 2 aromatic rings. The average molecular weight is 280 g/mol. The van der Waals surface area contributed by atoms with Crippen molar-refractivity contribution in [3.63, 3.8) is 0 Å². The molecule has 0 atom stereocenters. The number of hydrazine groups is 1. The van der Waals surface area contributed by atoms with E-state index in [0.717, 1.165) is 5.01 Å². The van der Waals surface area contributed by atoms with Gasteiger partial charge in [-0.15, -0.1) is 0 Å². The Morgan fingerprint density at radius 1 is 0.857 bits per heavy atom. The third kappa shape index (κ3) is 2.34. The van der Waals surface area contributed by atoms with Gasteiger partial charge in [-0.05, 0) is 12.1 Å². The molecular formula is C16H12N2O3. The number of hydrogen-bond donors (Lipinski definition) is 1. The Labute approximate surface area is 121 Å². The van der Waals surface area contributed by atoms with Gasteiger partial charge in [0.15, 0.2) is 5.78 Å². The van der Waals surface area contributed by atoms with Gasteiger partial charge in [0.25, 0.3) is 11.8 Å². The second-order valence-corrected chi connectivity index (χ2v) is 4.62. The van der Waals surface area contributed by atoms with Gasteiger partial charge >= 0.3 is 0 Å². The fraction of sp³-hybridized carbons (Fsp3) is 0.0625. The Hall–Kier alpha value is -2.79. The lowest BCUT2D eigenvalue weighted by Gasteiger charge is -2.14. The summed E-state index contributed by atoms with van der Waals surface area (Å²) >= 11 is 0. The topological polar surface area (TPSA) is 66.5 Å². The molecule has 0 bridgehead atoms. The van der Waals surface area contributed by atoms with Crippen LogP contribution < -0.4 is 5.43 Å². The summed E-state index contributed by atoms with van der Waals surface area (Å²) in [5.41, 5.74) is 3.84. The van der Waals surface area contributed by atoms with Crippen molar-refractivity contribution in [3.05, 3.63) is 71.3 Å². The molecule has 0 saturated heterocycles. The Morgan fingerprint density at radius 3 is 1.95 bits per heavy atom. The van der Waals surface area contributed by atoms with Gasteiger partial charge in [-0.1, -0.05) is 42.5 Å². The molecule has 1 aliphatic rings. The average Bonchev–Trinajstić information content (AvgIpc) is 2.78. The number of imide groups is 1. The third-order valence-corrected chi connectivity index (χ3v) is 3.29. The minimum Gasteiger partial charge on any atom is -0.293 e. The number of Topliss-reactive ketones (excluding diaryl/α,β-unsaturated/α-hetero) is 1. The first-order chi connectivity index (χ1) is 10.2. The van der Waals surface area contributed by atoms with Gasteiger partial charge in [-0.3, -0.25) is 14.4 Å². The lowest BCUT2D eigenvalue weighted by Crippen LogP contribution is -2.44. The van der Waals surface area contributed by atoms with Gasteiger partial charge in [0.05, 0.1) is 17.7 Å². The number of ketones is 1. The largest absolute Gasteiger partial charge is 0.293 e. The molecule has 0 aromatic heterocycles. The Balaban J connectivity index is 1.72. The first-order valence-electron chi connectivity index (χ1n) is 6.48. The lowest BCUT2D eigenvalue weighted by atomic mass is 10.1. The lowest BCUT2D eigenvalue weighted by molar-refractivity contribution is 0.0564. The number of hydrogen-bond acceptors (Lipinski definition) is 4. The summed E-state index contributed by atoms with van der Waals surface area (Å²) < 4.78 is 0. The van der Waals surface area contributed by atoms with E-state index in [-0.39, 0.29) is 12.3 Å². The smallest absolute Gasteiger partial charge is 0.276 e. The molecule has 2 aromatic carbocycles. The summed E-state index contributed by atoms with van der Waals surface area (Å²) in [4.78, 5) is 36.2. The second kappa shape index (κ2) is 5.30. The molecule has 0 radical (unpaired) electrons. The predicted octanol–water partition coefficient (Wildman–Crippen LogP) is 1.67. The van der Waals surface area contributed by atoms with Gasteiger partial charge < -0.3 is 0 Å². The summed E-state index contributed by atoms with van der Waals surface area (Å²) in [5.74, 6) is -1.06. The van der Waals surface area contributed by atoms with Gasteiger partial charge in [-0.25, -0.2) is 10.4 Å². The number of rotatable bonds is 4. The summed E-state index contributed by atoms with van der Waals surface area (Å²) in [6, 6.07) is 15.3. The van der Waals surface area contributed by atoms with Crippen LogP contribution in [0.25, 0.3) is 0 Å². The molecule has 0 saturated carbocycles. The van der Waals surface area contributed by atoms with Crippen LogP contribution in [0.5, 0.6) is 0 Å². The van der Waals surface area contributed by atoms with Crippen molar-refractivity contribution in [2.24, 2.45) is 0 Å². The van der Waals surface area contributed by atoms with E-state index in [2.05, 4.69) is 5.43 Å². The van der Waals surface area contributed by atoms with Gasteiger partial charge in [0.2, 0.25) is 0 Å². The van der Waals surface area contributed by atoms with E-state index in [0.29, 0.717) is 16.7 Å². The van der Waals surface area contributed by atoms with E-state index in [1.165, 1.54) is 0 Å². The van der Waals surface area contributed by atoms with Crippen molar-refractivity contribution in [2.45, 2.75) is 0 Å². The van der Waals surface area contributed by atoms with E-state index in [1.54, 1.807) is 48.5 Å². The van der Waals surface area contributed by atoms with Crippen molar-refractivity contribution in [3.8, 4) is 0 Å². The maximum Gasteiger partial charge on any atom is 0.276 e. The molecule has 3 rings (SSSR count). The van der Waals surface area contributed by atoms with Crippen LogP contribution in [0.1, 0.15) is 31.1 Å². The molecule has 5 heteroatoms. The van der Waals surface area contributed by atoms with Gasteiger partial charge in [-0.2, -0.15) is 0 Å². The van der Waals surface area contributed by atoms with Crippen LogP contribution >= 0.6 is 0 Å². The zero-order valence-electron chi connectivity index (χ0n) is 11.1. The first kappa shape index (κ1) is 13.2. The fourth-order valence-corrected chi connectivity index (χ4v) is 2.21. The molecule has 21 heavy (non-hydrogen) atoms. The van der Waals surface area contributed by atoms with Crippen LogP contribution in [0, 0.1) is 0 Å². The molecule has 0 fully saturated rings. The van der Waals surface area contributed by atoms with Crippen LogP contribution in [-0.4, -0.2) is 29.2 Å². The highest BCUT2D eigenvalue weighted by Crippen LogP contribution is 2.20. The van der Waals surface area contributed by atoms with Crippen LogP contribution in [0.4, 0.5) is 0 Å². The third-order valence-electron chi connectivity index (χ3n) is 3.29. The normalized spacial score (nSPS) is 13.4. The molecule has 2 amide bonds. The number of amides is 2. The van der Waals surface area contributed by atoms with E-state index in [4.69, 9.17) is 0 Å². The minimum absolute atomic E-state index is 0.116. The summed E-state index contributed by atoms with van der Waals surface area (Å²) in [6.07, 6.45) is 0. The van der Waals surface area contributed by atoms with E-state index in [1.807, 2.05) is 6.07 Å². The predicted molar refractivity (Wildman–Crippen MR) is 75.7 cm³/mol. The van der Waals surface area contributed by atoms with E-state index in [9.17, 15) is 14.4 Å². The molecule has 0 spiro atoms. The summed E-state index contributed by atoms with van der Waals surface area (Å²) in [6.45, 7) is -0.116. The van der Waals surface area contributed by atoms with E-state index >= 15 is 0 Å². The molecule has 1 N–H and O–H groups in total. The molecule has 5 nitrogen and oxygen atoms in total. The van der Waals surface area contributed by atoms with Gasteiger partial charge in [0.1, 0.15) is 0 Å². The fourth-order valence-electron chi connectivity index (χ4n) is 2.21. The monoisotopic (exact) mass is 280 g/mol.